The Labute approximate surface area is 140 Å². The summed E-state index contributed by atoms with van der Waals surface area (Å²) < 4.78 is 10.7. The number of ether oxygens (including phenoxy) is 2. The molecule has 24 heavy (non-hydrogen) atoms. The molecule has 0 radical (unpaired) electrons. The lowest BCUT2D eigenvalue weighted by atomic mass is 10.0. The Bertz CT molecular complexity index is 661. The molecular weight excluding hydrogens is 312 g/mol. The molecule has 1 unspecified atom stereocenters. The number of hydrogen-bond donors (Lipinski definition) is 1. The van der Waals surface area contributed by atoms with Gasteiger partial charge in [0.15, 0.2) is 0 Å². The van der Waals surface area contributed by atoms with E-state index in [1.54, 1.807) is 4.90 Å². The van der Waals surface area contributed by atoms with Crippen LogP contribution in [0.4, 0.5) is 10.7 Å². The fourth-order valence-corrected chi connectivity index (χ4v) is 2.79. The quantitative estimate of drug-likeness (QED) is 0.875. The van der Waals surface area contributed by atoms with Gasteiger partial charge >= 0.3 is 6.09 Å². The molecule has 8 heteroatoms. The third kappa shape index (κ3) is 3.69. The van der Waals surface area contributed by atoms with Gasteiger partial charge in [0, 0.05) is 25.7 Å². The SMILES string of the molecule is CC(C)(C)OC(=O)N1CCC1c1cc(=O)[nH]c(N2CCOCC2)n1. The highest BCUT2D eigenvalue weighted by molar-refractivity contribution is 5.69. The van der Waals surface area contributed by atoms with Gasteiger partial charge in [0.25, 0.3) is 5.56 Å². The lowest BCUT2D eigenvalue weighted by molar-refractivity contribution is -0.00656. The van der Waals surface area contributed by atoms with E-state index in [1.807, 2.05) is 25.7 Å². The van der Waals surface area contributed by atoms with Crippen molar-refractivity contribution in [2.45, 2.75) is 38.8 Å². The van der Waals surface area contributed by atoms with Crippen LogP contribution in [0, 0.1) is 0 Å². The van der Waals surface area contributed by atoms with E-state index < -0.39 is 5.60 Å². The van der Waals surface area contributed by atoms with E-state index in [4.69, 9.17) is 9.47 Å². The summed E-state index contributed by atoms with van der Waals surface area (Å²) in [6.45, 7) is 8.72. The molecule has 1 N–H and O–H groups in total. The van der Waals surface area contributed by atoms with Crippen LogP contribution in [-0.4, -0.2) is 59.4 Å². The minimum Gasteiger partial charge on any atom is -0.444 e. The van der Waals surface area contributed by atoms with Crippen molar-refractivity contribution in [3.05, 3.63) is 22.1 Å². The van der Waals surface area contributed by atoms with Crippen molar-refractivity contribution in [1.82, 2.24) is 14.9 Å². The van der Waals surface area contributed by atoms with Crippen LogP contribution in [0.5, 0.6) is 0 Å². The van der Waals surface area contributed by atoms with Crippen LogP contribution >= 0.6 is 0 Å². The molecule has 1 aromatic rings. The Morgan fingerprint density at radius 2 is 2.04 bits per heavy atom. The molecule has 0 spiro atoms. The number of aromatic nitrogens is 2. The van der Waals surface area contributed by atoms with E-state index in [1.165, 1.54) is 6.07 Å². The van der Waals surface area contributed by atoms with Crippen LogP contribution in [0.3, 0.4) is 0 Å². The lowest BCUT2D eigenvalue weighted by Crippen LogP contribution is -2.48. The van der Waals surface area contributed by atoms with E-state index in [-0.39, 0.29) is 17.7 Å². The van der Waals surface area contributed by atoms with Crippen molar-refractivity contribution in [3.63, 3.8) is 0 Å². The Hall–Kier alpha value is -2.09. The number of nitrogens with one attached hydrogen (secondary N) is 1. The average molecular weight is 336 g/mol. The van der Waals surface area contributed by atoms with Crippen LogP contribution in [0.1, 0.15) is 38.9 Å². The van der Waals surface area contributed by atoms with Crippen molar-refractivity contribution in [2.75, 3.05) is 37.7 Å². The monoisotopic (exact) mass is 336 g/mol. The van der Waals surface area contributed by atoms with Crippen molar-refractivity contribution in [3.8, 4) is 0 Å². The first-order chi connectivity index (χ1) is 11.3. The zero-order valence-corrected chi connectivity index (χ0v) is 14.4. The number of likely N-dealkylation sites (tertiary alicyclic amines) is 1. The summed E-state index contributed by atoms with van der Waals surface area (Å²) in [5, 5.41) is 0. The van der Waals surface area contributed by atoms with E-state index in [0.717, 1.165) is 6.42 Å². The minimum atomic E-state index is -0.544. The summed E-state index contributed by atoms with van der Waals surface area (Å²) in [6, 6.07) is 1.26. The molecule has 1 atom stereocenters. The van der Waals surface area contributed by atoms with Gasteiger partial charge in [0.1, 0.15) is 5.60 Å². The second-order valence-electron chi connectivity index (χ2n) is 7.07. The topological polar surface area (TPSA) is 87.8 Å². The molecule has 132 valence electrons. The predicted octanol–water partition coefficient (Wildman–Crippen LogP) is 1.29. The number of rotatable bonds is 2. The first kappa shape index (κ1) is 16.8. The molecular formula is C16H24N4O4. The maximum absolute atomic E-state index is 12.3. The Morgan fingerprint density at radius 3 is 2.62 bits per heavy atom. The highest BCUT2D eigenvalue weighted by Crippen LogP contribution is 2.33. The molecule has 2 saturated heterocycles. The molecule has 3 rings (SSSR count). The molecule has 2 aliphatic rings. The number of hydrogen-bond acceptors (Lipinski definition) is 6. The summed E-state index contributed by atoms with van der Waals surface area (Å²) in [7, 11) is 0. The van der Waals surface area contributed by atoms with Gasteiger partial charge in [-0.15, -0.1) is 0 Å². The highest BCUT2D eigenvalue weighted by Gasteiger charge is 2.37. The number of carbonyl (C=O) groups is 1. The van der Waals surface area contributed by atoms with Crippen molar-refractivity contribution >= 4 is 12.0 Å². The second-order valence-corrected chi connectivity index (χ2v) is 7.07. The second kappa shape index (κ2) is 6.43. The van der Waals surface area contributed by atoms with E-state index in [0.29, 0.717) is 44.5 Å². The highest BCUT2D eigenvalue weighted by atomic mass is 16.6. The van der Waals surface area contributed by atoms with Gasteiger partial charge in [-0.25, -0.2) is 9.78 Å². The number of anilines is 1. The lowest BCUT2D eigenvalue weighted by Gasteiger charge is -2.41. The standard InChI is InChI=1S/C16H24N4O4/c1-16(2,3)24-15(22)20-5-4-12(20)11-10-13(21)18-14(17-11)19-6-8-23-9-7-19/h10,12H,4-9H2,1-3H3,(H,17,18,21). The number of aromatic amines is 1. The Balaban J connectivity index is 1.78. The normalized spacial score (nSPS) is 21.4. The van der Waals surface area contributed by atoms with Crippen LogP contribution < -0.4 is 10.5 Å². The third-order valence-electron chi connectivity index (χ3n) is 4.05. The maximum atomic E-state index is 12.3. The number of morpholine rings is 1. The molecule has 1 aromatic heterocycles. The summed E-state index contributed by atoms with van der Waals surface area (Å²) in [5.41, 5.74) is -0.146. The molecule has 2 fully saturated rings. The van der Waals surface area contributed by atoms with E-state index >= 15 is 0 Å². The predicted molar refractivity (Wildman–Crippen MR) is 88.2 cm³/mol. The summed E-state index contributed by atoms with van der Waals surface area (Å²) >= 11 is 0. The molecule has 2 aliphatic heterocycles. The average Bonchev–Trinajstić information content (AvgIpc) is 2.44. The van der Waals surface area contributed by atoms with Gasteiger partial charge < -0.3 is 14.4 Å². The fraction of sp³-hybridized carbons (Fsp3) is 0.688. The molecule has 0 bridgehead atoms. The molecule has 3 heterocycles. The first-order valence-corrected chi connectivity index (χ1v) is 8.27. The number of carbonyl (C=O) groups excluding carboxylic acids is 1. The molecule has 0 aliphatic carbocycles. The summed E-state index contributed by atoms with van der Waals surface area (Å²) in [6.07, 6.45) is 0.409. The molecule has 8 nitrogen and oxygen atoms in total. The summed E-state index contributed by atoms with van der Waals surface area (Å²) in [5.74, 6) is 0.539. The minimum absolute atomic E-state index is 0.207. The smallest absolute Gasteiger partial charge is 0.410 e. The van der Waals surface area contributed by atoms with Gasteiger partial charge in [0.2, 0.25) is 5.95 Å². The third-order valence-corrected chi connectivity index (χ3v) is 4.05. The molecule has 1 amide bonds. The van der Waals surface area contributed by atoms with Crippen LogP contribution in [0.15, 0.2) is 10.9 Å². The van der Waals surface area contributed by atoms with E-state index in [9.17, 15) is 9.59 Å². The fourth-order valence-electron chi connectivity index (χ4n) is 2.79. The van der Waals surface area contributed by atoms with Crippen LogP contribution in [0.25, 0.3) is 0 Å². The van der Waals surface area contributed by atoms with Crippen molar-refractivity contribution < 1.29 is 14.3 Å². The van der Waals surface area contributed by atoms with Gasteiger partial charge in [-0.3, -0.25) is 14.7 Å². The largest absolute Gasteiger partial charge is 0.444 e. The van der Waals surface area contributed by atoms with Crippen molar-refractivity contribution in [1.29, 1.82) is 0 Å². The van der Waals surface area contributed by atoms with Crippen LogP contribution in [-0.2, 0) is 9.47 Å². The van der Waals surface area contributed by atoms with Crippen molar-refractivity contribution in [2.24, 2.45) is 0 Å². The first-order valence-electron chi connectivity index (χ1n) is 8.27. The van der Waals surface area contributed by atoms with Crippen LogP contribution in [0.2, 0.25) is 0 Å². The molecule has 0 saturated carbocycles. The Morgan fingerprint density at radius 1 is 1.33 bits per heavy atom. The van der Waals surface area contributed by atoms with E-state index in [2.05, 4.69) is 9.97 Å². The van der Waals surface area contributed by atoms with Gasteiger partial charge in [0.05, 0.1) is 24.9 Å². The molecule has 0 aromatic carbocycles. The number of nitrogens with zero attached hydrogens (tertiary/aromatic N) is 3. The zero-order valence-electron chi connectivity index (χ0n) is 14.4. The zero-order chi connectivity index (χ0) is 17.3. The van der Waals surface area contributed by atoms with Gasteiger partial charge in [-0.2, -0.15) is 0 Å². The maximum Gasteiger partial charge on any atom is 0.410 e. The Kier molecular flexibility index (Phi) is 4.49. The number of amides is 1. The van der Waals surface area contributed by atoms with Gasteiger partial charge in [-0.05, 0) is 27.2 Å². The number of H-pyrrole nitrogens is 1. The summed E-state index contributed by atoms with van der Waals surface area (Å²) in [4.78, 5) is 35.2. The van der Waals surface area contributed by atoms with Gasteiger partial charge in [-0.1, -0.05) is 0 Å².